The Morgan fingerprint density at radius 1 is 1.21 bits per heavy atom. The Hall–Kier alpha value is -1.09. The van der Waals surface area contributed by atoms with Gasteiger partial charge in [-0.2, -0.15) is 0 Å². The van der Waals surface area contributed by atoms with Crippen molar-refractivity contribution >= 4 is 5.82 Å². The molecule has 0 amide bonds. The fourth-order valence-corrected chi connectivity index (χ4v) is 1.67. The van der Waals surface area contributed by atoms with E-state index in [1.807, 2.05) is 6.20 Å². The van der Waals surface area contributed by atoms with Crippen molar-refractivity contribution in [2.75, 3.05) is 11.9 Å². The predicted molar refractivity (Wildman–Crippen MR) is 83.6 cm³/mol. The Kier molecular flexibility index (Phi) is 4.97. The Morgan fingerprint density at radius 3 is 2.37 bits per heavy atom. The zero-order valence-electron chi connectivity index (χ0n) is 13.5. The minimum absolute atomic E-state index is 0.128. The molecule has 3 heteroatoms. The molecule has 1 heterocycles. The van der Waals surface area contributed by atoms with Crippen LogP contribution in [0.1, 0.15) is 53.5 Å². The summed E-state index contributed by atoms with van der Waals surface area (Å²) in [5, 5.41) is 3.51. The van der Waals surface area contributed by atoms with Crippen LogP contribution in [0.5, 0.6) is 0 Å². The minimum atomic E-state index is 0.128. The van der Waals surface area contributed by atoms with E-state index in [0.717, 1.165) is 18.8 Å². The van der Waals surface area contributed by atoms with Crippen LogP contribution in [0.15, 0.2) is 18.3 Å². The standard InChI is InChI=1S/C16H29N3/c1-8-16(5,6)19(7)14-11-13(9-10-17-14)12-18-15(2,3)4/h9-11,18H,8,12H2,1-7H3. The Balaban J connectivity index is 2.83. The number of rotatable bonds is 5. The lowest BCUT2D eigenvalue weighted by Gasteiger charge is -2.36. The summed E-state index contributed by atoms with van der Waals surface area (Å²) < 4.78 is 0. The molecule has 108 valence electrons. The first-order chi connectivity index (χ1) is 8.65. The fraction of sp³-hybridized carbons (Fsp3) is 0.688. The van der Waals surface area contributed by atoms with Gasteiger partial charge in [-0.05, 0) is 58.7 Å². The molecule has 1 N–H and O–H groups in total. The second-order valence-corrected chi connectivity index (χ2v) is 6.85. The maximum Gasteiger partial charge on any atom is 0.128 e. The highest BCUT2D eigenvalue weighted by molar-refractivity contribution is 5.42. The zero-order valence-corrected chi connectivity index (χ0v) is 13.5. The van der Waals surface area contributed by atoms with Gasteiger partial charge in [-0.25, -0.2) is 4.98 Å². The summed E-state index contributed by atoms with van der Waals surface area (Å²) in [5.74, 6) is 1.04. The second kappa shape index (κ2) is 5.91. The van der Waals surface area contributed by atoms with Crippen LogP contribution in [0.4, 0.5) is 5.82 Å². The molecule has 1 rings (SSSR count). The number of hydrogen-bond donors (Lipinski definition) is 1. The molecule has 0 radical (unpaired) electrons. The summed E-state index contributed by atoms with van der Waals surface area (Å²) in [5.41, 5.74) is 1.54. The van der Waals surface area contributed by atoms with Crippen molar-refractivity contribution in [2.24, 2.45) is 0 Å². The van der Waals surface area contributed by atoms with Crippen molar-refractivity contribution < 1.29 is 0 Å². The van der Waals surface area contributed by atoms with Crippen LogP contribution in [0.3, 0.4) is 0 Å². The van der Waals surface area contributed by atoms with Crippen LogP contribution >= 0.6 is 0 Å². The van der Waals surface area contributed by atoms with Gasteiger partial charge in [0.05, 0.1) is 0 Å². The Labute approximate surface area is 118 Å². The second-order valence-electron chi connectivity index (χ2n) is 6.85. The highest BCUT2D eigenvalue weighted by atomic mass is 15.2. The molecule has 0 atom stereocenters. The number of nitrogens with one attached hydrogen (secondary N) is 1. The van der Waals surface area contributed by atoms with Gasteiger partial charge in [-0.3, -0.25) is 0 Å². The molecule has 0 unspecified atom stereocenters. The number of pyridine rings is 1. The van der Waals surface area contributed by atoms with Gasteiger partial charge < -0.3 is 10.2 Å². The van der Waals surface area contributed by atoms with E-state index in [-0.39, 0.29) is 11.1 Å². The molecule has 3 nitrogen and oxygen atoms in total. The smallest absolute Gasteiger partial charge is 0.128 e. The van der Waals surface area contributed by atoms with Gasteiger partial charge in [-0.15, -0.1) is 0 Å². The average molecular weight is 263 g/mol. The normalized spacial score (nSPS) is 12.6. The molecule has 0 aliphatic heterocycles. The monoisotopic (exact) mass is 263 g/mol. The number of anilines is 1. The Bertz CT molecular complexity index is 405. The van der Waals surface area contributed by atoms with Crippen LogP contribution in [0.25, 0.3) is 0 Å². The molecule has 0 saturated heterocycles. The maximum absolute atomic E-state index is 4.50. The number of aromatic nitrogens is 1. The van der Waals surface area contributed by atoms with E-state index in [1.165, 1.54) is 5.56 Å². The molecule has 0 spiro atoms. The van der Waals surface area contributed by atoms with Crippen molar-refractivity contribution in [3.63, 3.8) is 0 Å². The molecule has 0 aromatic carbocycles. The molecule has 0 saturated carbocycles. The van der Waals surface area contributed by atoms with Gasteiger partial charge in [-0.1, -0.05) is 6.92 Å². The van der Waals surface area contributed by atoms with Crippen molar-refractivity contribution in [2.45, 2.75) is 65.6 Å². The van der Waals surface area contributed by atoms with Gasteiger partial charge in [0.15, 0.2) is 0 Å². The van der Waals surface area contributed by atoms with Crippen LogP contribution in [-0.4, -0.2) is 23.1 Å². The summed E-state index contributed by atoms with van der Waals surface area (Å²) in [6, 6.07) is 4.26. The van der Waals surface area contributed by atoms with Crippen LogP contribution in [0.2, 0.25) is 0 Å². The van der Waals surface area contributed by atoms with Crippen LogP contribution < -0.4 is 10.2 Å². The van der Waals surface area contributed by atoms with E-state index in [2.05, 4.69) is 75.9 Å². The molecule has 0 aliphatic rings. The first-order valence-corrected chi connectivity index (χ1v) is 7.09. The fourth-order valence-electron chi connectivity index (χ4n) is 1.67. The lowest BCUT2D eigenvalue weighted by Crippen LogP contribution is -2.41. The average Bonchev–Trinajstić information content (AvgIpc) is 2.35. The SMILES string of the molecule is CCC(C)(C)N(C)c1cc(CNC(C)(C)C)ccn1. The van der Waals surface area contributed by atoms with Gasteiger partial charge in [0.25, 0.3) is 0 Å². The lowest BCUT2D eigenvalue weighted by molar-refractivity contribution is 0.424. The largest absolute Gasteiger partial charge is 0.355 e. The molecule has 1 aromatic heterocycles. The highest BCUT2D eigenvalue weighted by Gasteiger charge is 2.22. The molecule has 0 fully saturated rings. The Morgan fingerprint density at radius 2 is 1.84 bits per heavy atom. The number of hydrogen-bond acceptors (Lipinski definition) is 3. The quantitative estimate of drug-likeness (QED) is 0.880. The molecular weight excluding hydrogens is 234 g/mol. The molecule has 1 aromatic rings. The van der Waals surface area contributed by atoms with Crippen molar-refractivity contribution in [1.29, 1.82) is 0 Å². The van der Waals surface area contributed by atoms with Crippen LogP contribution in [-0.2, 0) is 6.54 Å². The predicted octanol–water partition coefficient (Wildman–Crippen LogP) is 3.59. The molecular formula is C16H29N3. The third-order valence-corrected chi connectivity index (χ3v) is 3.75. The van der Waals surface area contributed by atoms with E-state index in [4.69, 9.17) is 0 Å². The molecule has 0 aliphatic carbocycles. The summed E-state index contributed by atoms with van der Waals surface area (Å²) in [4.78, 5) is 6.75. The van der Waals surface area contributed by atoms with Crippen LogP contribution in [0, 0.1) is 0 Å². The van der Waals surface area contributed by atoms with E-state index >= 15 is 0 Å². The third-order valence-electron chi connectivity index (χ3n) is 3.75. The van der Waals surface area contributed by atoms with Gasteiger partial charge >= 0.3 is 0 Å². The zero-order chi connectivity index (χ0) is 14.7. The lowest BCUT2D eigenvalue weighted by atomic mass is 10.00. The third kappa shape index (κ3) is 4.83. The van der Waals surface area contributed by atoms with Gasteiger partial charge in [0.2, 0.25) is 0 Å². The number of nitrogens with zero attached hydrogens (tertiary/aromatic N) is 2. The minimum Gasteiger partial charge on any atom is -0.355 e. The molecule has 19 heavy (non-hydrogen) atoms. The maximum atomic E-state index is 4.50. The first-order valence-electron chi connectivity index (χ1n) is 7.09. The summed E-state index contributed by atoms with van der Waals surface area (Å²) in [7, 11) is 2.12. The summed E-state index contributed by atoms with van der Waals surface area (Å²) in [6.07, 6.45) is 2.99. The van der Waals surface area contributed by atoms with E-state index in [1.54, 1.807) is 0 Å². The first kappa shape index (κ1) is 16.0. The van der Waals surface area contributed by atoms with E-state index in [9.17, 15) is 0 Å². The van der Waals surface area contributed by atoms with Crippen molar-refractivity contribution in [1.82, 2.24) is 10.3 Å². The van der Waals surface area contributed by atoms with E-state index < -0.39 is 0 Å². The topological polar surface area (TPSA) is 28.2 Å². The molecule has 0 bridgehead atoms. The summed E-state index contributed by atoms with van der Waals surface area (Å²) in [6.45, 7) is 14.1. The van der Waals surface area contributed by atoms with Gasteiger partial charge in [0, 0.05) is 30.9 Å². The van der Waals surface area contributed by atoms with Crippen molar-refractivity contribution in [3.8, 4) is 0 Å². The van der Waals surface area contributed by atoms with E-state index in [0.29, 0.717) is 0 Å². The van der Waals surface area contributed by atoms with Crippen molar-refractivity contribution in [3.05, 3.63) is 23.9 Å². The summed E-state index contributed by atoms with van der Waals surface area (Å²) >= 11 is 0. The van der Waals surface area contributed by atoms with Gasteiger partial charge in [0.1, 0.15) is 5.82 Å². The highest BCUT2D eigenvalue weighted by Crippen LogP contribution is 2.23.